The summed E-state index contributed by atoms with van der Waals surface area (Å²) in [6, 6.07) is 14.5. The number of hydrogen-bond acceptors (Lipinski definition) is 8. The Bertz CT molecular complexity index is 1420. The van der Waals surface area contributed by atoms with Gasteiger partial charge < -0.3 is 30.8 Å². The van der Waals surface area contributed by atoms with E-state index >= 15 is 0 Å². The Morgan fingerprint density at radius 2 is 1.84 bits per heavy atom. The molecular weight excluding hydrogens is 513 g/mol. The predicted octanol–water partition coefficient (Wildman–Crippen LogP) is 3.27. The van der Waals surface area contributed by atoms with E-state index in [4.69, 9.17) is 20.6 Å². The third-order valence-electron chi connectivity index (χ3n) is 5.69. The number of nitrogens with two attached hydrogens (primary N) is 2. The number of amides is 3. The zero-order valence-electron chi connectivity index (χ0n) is 20.2. The fourth-order valence-corrected chi connectivity index (χ4v) is 4.52. The minimum atomic E-state index is -1.16. The largest absolute Gasteiger partial charge is 0.497 e. The molecule has 4 aromatic rings. The molecular formula is C26H24FN5O5S. The van der Waals surface area contributed by atoms with Crippen molar-refractivity contribution in [2.24, 2.45) is 5.73 Å². The van der Waals surface area contributed by atoms with Gasteiger partial charge in [0.2, 0.25) is 5.91 Å². The van der Waals surface area contributed by atoms with Gasteiger partial charge in [0.25, 0.3) is 11.8 Å². The molecule has 0 spiro atoms. The molecule has 3 amide bonds. The number of rotatable bonds is 10. The van der Waals surface area contributed by atoms with Crippen LogP contribution in [0.25, 0.3) is 0 Å². The smallest absolute Gasteiger partial charge is 0.270 e. The number of hydrogen-bond donors (Lipinski definition) is 3. The number of carbonyl (C=O) groups excluding carboxylic acids is 3. The van der Waals surface area contributed by atoms with Gasteiger partial charge in [-0.1, -0.05) is 24.3 Å². The van der Waals surface area contributed by atoms with Gasteiger partial charge in [-0.15, -0.1) is 0 Å². The average Bonchev–Trinajstić information content (AvgIpc) is 3.57. The third kappa shape index (κ3) is 5.81. The molecule has 196 valence electrons. The summed E-state index contributed by atoms with van der Waals surface area (Å²) in [7, 11) is 1.51. The van der Waals surface area contributed by atoms with E-state index in [1.54, 1.807) is 48.5 Å². The minimum absolute atomic E-state index is 0.0461. The zero-order chi connectivity index (χ0) is 27.2. The molecule has 0 bridgehead atoms. The van der Waals surface area contributed by atoms with Crippen molar-refractivity contribution < 1.29 is 27.9 Å². The SMILES string of the molecule is COc1ccc([C@H](C(=O)NCc2ccc(F)cc2)N(Cc2ccco2)C(=O)c2snc(C(N)=O)c2N)cc1. The molecule has 2 aromatic carbocycles. The summed E-state index contributed by atoms with van der Waals surface area (Å²) < 4.78 is 27.9. The molecule has 2 heterocycles. The number of halogens is 1. The second-order valence-electron chi connectivity index (χ2n) is 8.17. The van der Waals surface area contributed by atoms with Gasteiger partial charge in [0.1, 0.15) is 28.2 Å². The molecule has 4 rings (SSSR count). The van der Waals surface area contributed by atoms with Gasteiger partial charge in [0.15, 0.2) is 5.69 Å². The Balaban J connectivity index is 1.74. The van der Waals surface area contributed by atoms with Crippen molar-refractivity contribution in [2.45, 2.75) is 19.1 Å². The molecule has 0 aliphatic heterocycles. The Morgan fingerprint density at radius 3 is 2.42 bits per heavy atom. The number of ether oxygens (including phenoxy) is 1. The number of nitrogens with one attached hydrogen (secondary N) is 1. The molecule has 0 aliphatic rings. The average molecular weight is 538 g/mol. The second-order valence-corrected chi connectivity index (χ2v) is 8.94. The molecule has 0 radical (unpaired) electrons. The van der Waals surface area contributed by atoms with Crippen LogP contribution in [-0.4, -0.2) is 34.1 Å². The maximum Gasteiger partial charge on any atom is 0.270 e. The van der Waals surface area contributed by atoms with E-state index in [0.29, 0.717) is 34.2 Å². The van der Waals surface area contributed by atoms with E-state index in [0.717, 1.165) is 0 Å². The highest BCUT2D eigenvalue weighted by atomic mass is 32.1. The summed E-state index contributed by atoms with van der Waals surface area (Å²) in [5.41, 5.74) is 12.1. The maximum atomic E-state index is 13.9. The van der Waals surface area contributed by atoms with Crippen molar-refractivity contribution in [3.05, 3.63) is 100 Å². The van der Waals surface area contributed by atoms with Crippen LogP contribution in [0, 0.1) is 5.82 Å². The summed E-state index contributed by atoms with van der Waals surface area (Å²) >= 11 is 0.711. The van der Waals surface area contributed by atoms with Crippen LogP contribution < -0.4 is 21.5 Å². The Labute approximate surface area is 221 Å². The Kier molecular flexibility index (Phi) is 8.02. The number of benzene rings is 2. The van der Waals surface area contributed by atoms with Crippen molar-refractivity contribution in [1.29, 1.82) is 0 Å². The molecule has 0 saturated heterocycles. The lowest BCUT2D eigenvalue weighted by molar-refractivity contribution is -0.126. The highest BCUT2D eigenvalue weighted by Gasteiger charge is 2.35. The zero-order valence-corrected chi connectivity index (χ0v) is 21.0. The number of carbonyl (C=O) groups is 3. The molecule has 0 unspecified atom stereocenters. The van der Waals surface area contributed by atoms with Crippen LogP contribution in [0.5, 0.6) is 5.75 Å². The van der Waals surface area contributed by atoms with E-state index in [1.807, 2.05) is 0 Å². The third-order valence-corrected chi connectivity index (χ3v) is 6.55. The first-order valence-electron chi connectivity index (χ1n) is 11.3. The monoisotopic (exact) mass is 537 g/mol. The van der Waals surface area contributed by atoms with E-state index < -0.39 is 29.6 Å². The highest BCUT2D eigenvalue weighted by molar-refractivity contribution is 7.09. The van der Waals surface area contributed by atoms with Crippen molar-refractivity contribution in [2.75, 3.05) is 12.8 Å². The Morgan fingerprint density at radius 1 is 1.13 bits per heavy atom. The fraction of sp³-hybridized carbons (Fsp3) is 0.154. The second kappa shape index (κ2) is 11.6. The minimum Gasteiger partial charge on any atom is -0.497 e. The molecule has 0 saturated carbocycles. The van der Waals surface area contributed by atoms with Crippen LogP contribution in [-0.2, 0) is 17.9 Å². The van der Waals surface area contributed by atoms with Crippen LogP contribution >= 0.6 is 11.5 Å². The summed E-state index contributed by atoms with van der Waals surface area (Å²) in [4.78, 5) is 40.5. The quantitative estimate of drug-likeness (QED) is 0.281. The van der Waals surface area contributed by atoms with Gasteiger partial charge in [0, 0.05) is 6.54 Å². The summed E-state index contributed by atoms with van der Waals surface area (Å²) in [6.07, 6.45) is 1.45. The van der Waals surface area contributed by atoms with E-state index in [9.17, 15) is 18.8 Å². The number of aromatic nitrogens is 1. The molecule has 2 aromatic heterocycles. The van der Waals surface area contributed by atoms with Crippen LogP contribution in [0.15, 0.2) is 71.3 Å². The fourth-order valence-electron chi connectivity index (χ4n) is 3.76. The van der Waals surface area contributed by atoms with Gasteiger partial charge in [-0.2, -0.15) is 4.37 Å². The van der Waals surface area contributed by atoms with Crippen LogP contribution in [0.1, 0.15) is 43.1 Å². The van der Waals surface area contributed by atoms with Gasteiger partial charge in [-0.3, -0.25) is 14.4 Å². The van der Waals surface area contributed by atoms with Crippen LogP contribution in [0.3, 0.4) is 0 Å². The van der Waals surface area contributed by atoms with E-state index in [-0.39, 0.29) is 29.3 Å². The topological polar surface area (TPSA) is 154 Å². The van der Waals surface area contributed by atoms with Gasteiger partial charge in [-0.25, -0.2) is 4.39 Å². The van der Waals surface area contributed by atoms with Crippen molar-refractivity contribution in [3.8, 4) is 5.75 Å². The molecule has 12 heteroatoms. The summed E-state index contributed by atoms with van der Waals surface area (Å²) in [5, 5.41) is 2.82. The molecule has 5 N–H and O–H groups in total. The van der Waals surface area contributed by atoms with Gasteiger partial charge >= 0.3 is 0 Å². The predicted molar refractivity (Wildman–Crippen MR) is 138 cm³/mol. The number of primary amides is 1. The molecule has 10 nitrogen and oxygen atoms in total. The van der Waals surface area contributed by atoms with Gasteiger partial charge in [0.05, 0.1) is 25.6 Å². The van der Waals surface area contributed by atoms with Crippen LogP contribution in [0.4, 0.5) is 10.1 Å². The lowest BCUT2D eigenvalue weighted by atomic mass is 10.0. The molecule has 0 fully saturated rings. The first kappa shape index (κ1) is 26.4. The van der Waals surface area contributed by atoms with Crippen LogP contribution in [0.2, 0.25) is 0 Å². The first-order valence-corrected chi connectivity index (χ1v) is 12.1. The lowest BCUT2D eigenvalue weighted by Crippen LogP contribution is -2.43. The molecule has 38 heavy (non-hydrogen) atoms. The van der Waals surface area contributed by atoms with E-state index in [1.165, 1.54) is 30.4 Å². The van der Waals surface area contributed by atoms with Gasteiger partial charge in [-0.05, 0) is 59.1 Å². The summed E-state index contributed by atoms with van der Waals surface area (Å²) in [6.45, 7) is -0.0151. The number of nitrogen functional groups attached to an aromatic ring is 1. The normalized spacial score (nSPS) is 11.5. The van der Waals surface area contributed by atoms with E-state index in [2.05, 4.69) is 9.69 Å². The number of furan rings is 1. The summed E-state index contributed by atoms with van der Waals surface area (Å²) in [5.74, 6) is -1.48. The van der Waals surface area contributed by atoms with Crippen molar-refractivity contribution in [3.63, 3.8) is 0 Å². The van der Waals surface area contributed by atoms with Crippen molar-refractivity contribution in [1.82, 2.24) is 14.6 Å². The number of methoxy groups -OCH3 is 1. The van der Waals surface area contributed by atoms with Crippen molar-refractivity contribution >= 4 is 34.9 Å². The number of anilines is 1. The molecule has 1 atom stereocenters. The lowest BCUT2D eigenvalue weighted by Gasteiger charge is -2.30. The highest BCUT2D eigenvalue weighted by Crippen LogP contribution is 2.31. The maximum absolute atomic E-state index is 13.9. The number of nitrogens with zero attached hydrogens (tertiary/aromatic N) is 2. The Hall–Kier alpha value is -4.71. The molecule has 0 aliphatic carbocycles. The first-order chi connectivity index (χ1) is 18.3. The standard InChI is InChI=1S/C26H24FN5O5S/c1-36-18-10-6-16(7-11-18)22(25(34)30-13-15-4-8-17(27)9-5-15)32(14-19-3-2-12-37-19)26(35)23-20(28)21(24(29)33)31-38-23/h2-12,22H,13-14,28H2,1H3,(H2,29,33)(H,30,34)/t22-/m1/s1.